The van der Waals surface area contributed by atoms with Crippen molar-refractivity contribution in [1.82, 2.24) is 0 Å². The zero-order valence-corrected chi connectivity index (χ0v) is 26.7. The van der Waals surface area contributed by atoms with Gasteiger partial charge in [-0.1, -0.05) is 115 Å². The molecule has 1 N–H and O–H groups in total. The number of phosphoric acid groups is 1. The third-order valence-corrected chi connectivity index (χ3v) is 7.31. The van der Waals surface area contributed by atoms with Gasteiger partial charge in [-0.3, -0.25) is 4.89 Å². The Hall–Kier alpha value is -0.419. The van der Waals surface area contributed by atoms with Gasteiger partial charge in [0.05, 0.1) is 0 Å². The van der Waals surface area contributed by atoms with Crippen LogP contribution in [0.5, 0.6) is 11.5 Å². The van der Waals surface area contributed by atoms with Gasteiger partial charge >= 0.3 is 7.82 Å². The van der Waals surface area contributed by atoms with E-state index in [0.29, 0.717) is 11.5 Å². The van der Waals surface area contributed by atoms with Crippen LogP contribution in [0.3, 0.4) is 0 Å². The molecule has 0 saturated heterocycles. The van der Waals surface area contributed by atoms with Crippen molar-refractivity contribution in [2.24, 2.45) is 0 Å². The molecule has 0 aromatic heterocycles. The van der Waals surface area contributed by atoms with E-state index in [9.17, 15) is 9.46 Å². The molecule has 0 aliphatic heterocycles. The van der Waals surface area contributed by atoms with Gasteiger partial charge in [-0.2, -0.15) is 0 Å². The second kappa shape index (κ2) is 20.5. The summed E-state index contributed by atoms with van der Waals surface area (Å²) < 4.78 is 23.0. The van der Waals surface area contributed by atoms with Crippen LogP contribution >= 0.6 is 7.82 Å². The van der Waals surface area contributed by atoms with Crippen LogP contribution in [0.4, 0.5) is 0 Å². The zero-order chi connectivity index (χ0) is 25.2. The third kappa shape index (κ3) is 15.7. The van der Waals surface area contributed by atoms with Crippen LogP contribution in [0, 0.1) is 40.8 Å². The Morgan fingerprint density at radius 3 is 1.19 bits per heavy atom. The zero-order valence-electron chi connectivity index (χ0n) is 22.6. The Morgan fingerprint density at radius 1 is 0.556 bits per heavy atom. The molecule has 0 atom stereocenters. The molecule has 0 bridgehead atoms. The average Bonchev–Trinajstić information content (AvgIpc) is 2.84. The van der Waals surface area contributed by atoms with Gasteiger partial charge in [0.1, 0.15) is 11.5 Å². The van der Waals surface area contributed by atoms with E-state index in [-0.39, 0.29) is 40.8 Å². The molecular weight excluding hydrogens is 600 g/mol. The molecule has 0 aliphatic rings. The maximum absolute atomic E-state index is 12.5. The van der Waals surface area contributed by atoms with E-state index in [4.69, 9.17) is 9.05 Å². The fourth-order valence-corrected chi connectivity index (χ4v) is 5.10. The summed E-state index contributed by atoms with van der Waals surface area (Å²) in [5.41, 5.74) is 2.44. The minimum Gasteiger partial charge on any atom is -0.395 e. The van der Waals surface area contributed by atoms with Crippen molar-refractivity contribution in [3.8, 4) is 11.5 Å². The molecule has 4 nitrogen and oxygen atoms in total. The number of unbranched alkanes of at least 4 members (excludes halogenated alkanes) is 12. The Bertz CT molecular complexity index is 772. The largest absolute Gasteiger partial charge is 0.584 e. The third-order valence-electron chi connectivity index (χ3n) is 6.43. The smallest absolute Gasteiger partial charge is 0.395 e. The number of hydrogen-bond acceptors (Lipinski definition) is 3. The minimum atomic E-state index is -4.25. The molecule has 0 fully saturated rings. The standard InChI is InChI=1S/C30H47O4P.Nd/c1-3-5-7-9-11-13-15-17-27-19-23-29(24-20-27)33-35(31,32)34-30-25-21-28(22-26-30)18-16-14-12-10-8-6-4-2;/h19-26H,3-18H2,1-2H3,(H,31,32);. The second-order valence-electron chi connectivity index (χ2n) is 9.68. The first-order chi connectivity index (χ1) is 17.0. The van der Waals surface area contributed by atoms with Gasteiger partial charge in [0, 0.05) is 40.8 Å². The maximum atomic E-state index is 12.5. The molecular formula is C30H47NdO4P. The quantitative estimate of drug-likeness (QED) is 0.115. The summed E-state index contributed by atoms with van der Waals surface area (Å²) in [5, 5.41) is 0. The summed E-state index contributed by atoms with van der Waals surface area (Å²) in [6.07, 6.45) is 20.1. The molecule has 2 aromatic rings. The molecule has 2 rings (SSSR count). The van der Waals surface area contributed by atoms with Crippen LogP contribution in [0.25, 0.3) is 0 Å². The van der Waals surface area contributed by atoms with Gasteiger partial charge in [0.15, 0.2) is 0 Å². The number of rotatable bonds is 20. The van der Waals surface area contributed by atoms with Crippen LogP contribution in [-0.4, -0.2) is 4.89 Å². The number of aryl methyl sites for hydroxylation is 2. The van der Waals surface area contributed by atoms with E-state index >= 15 is 0 Å². The Balaban J connectivity index is 0.00000648. The summed E-state index contributed by atoms with van der Waals surface area (Å²) in [6.45, 7) is 4.48. The van der Waals surface area contributed by atoms with Crippen LogP contribution in [0.1, 0.15) is 115 Å². The first-order valence-corrected chi connectivity index (χ1v) is 15.4. The van der Waals surface area contributed by atoms with Crippen molar-refractivity contribution >= 4 is 7.82 Å². The molecule has 0 unspecified atom stereocenters. The van der Waals surface area contributed by atoms with Crippen molar-refractivity contribution in [3.05, 3.63) is 59.7 Å². The number of phosphoric ester groups is 1. The fraction of sp³-hybridized carbons (Fsp3) is 0.600. The molecule has 0 aliphatic carbocycles. The molecule has 200 valence electrons. The van der Waals surface area contributed by atoms with E-state index in [1.165, 1.54) is 101 Å². The predicted molar refractivity (Wildman–Crippen MR) is 147 cm³/mol. The van der Waals surface area contributed by atoms with E-state index in [0.717, 1.165) is 12.8 Å². The van der Waals surface area contributed by atoms with Gasteiger partial charge in [-0.15, -0.1) is 0 Å². The first-order valence-electron chi connectivity index (χ1n) is 13.9. The summed E-state index contributed by atoms with van der Waals surface area (Å²) in [4.78, 5) is 10.2. The summed E-state index contributed by atoms with van der Waals surface area (Å²) in [7, 11) is -4.25. The van der Waals surface area contributed by atoms with Crippen LogP contribution in [0.15, 0.2) is 48.5 Å². The van der Waals surface area contributed by atoms with Crippen molar-refractivity contribution < 1.29 is 59.3 Å². The van der Waals surface area contributed by atoms with E-state index in [1.807, 2.05) is 24.3 Å². The SMILES string of the molecule is CCCCCCCCCc1ccc(OP(=O)(O)Oc2ccc(CCCCCCCCC)cc2)cc1.[Nd]. The second-order valence-corrected chi connectivity index (χ2v) is 11.0. The van der Waals surface area contributed by atoms with Gasteiger partial charge in [-0.25, -0.2) is 4.57 Å². The average molecular weight is 647 g/mol. The molecule has 0 spiro atoms. The molecule has 6 heteroatoms. The van der Waals surface area contributed by atoms with Crippen molar-refractivity contribution in [2.75, 3.05) is 0 Å². The summed E-state index contributed by atoms with van der Waals surface area (Å²) in [5.74, 6) is 0.685. The van der Waals surface area contributed by atoms with Gasteiger partial charge in [0.2, 0.25) is 0 Å². The van der Waals surface area contributed by atoms with Crippen LogP contribution in [0.2, 0.25) is 0 Å². The minimum absolute atomic E-state index is 0. The van der Waals surface area contributed by atoms with Gasteiger partial charge in [-0.05, 0) is 61.1 Å². The normalized spacial score (nSPS) is 11.2. The van der Waals surface area contributed by atoms with E-state index in [2.05, 4.69) is 13.8 Å². The molecule has 2 aromatic carbocycles. The van der Waals surface area contributed by atoms with Crippen molar-refractivity contribution in [1.29, 1.82) is 0 Å². The van der Waals surface area contributed by atoms with E-state index in [1.54, 1.807) is 24.3 Å². The van der Waals surface area contributed by atoms with Crippen LogP contribution < -0.4 is 9.05 Å². The van der Waals surface area contributed by atoms with Gasteiger partial charge in [0.25, 0.3) is 0 Å². The molecule has 0 radical (unpaired) electrons. The topological polar surface area (TPSA) is 55.8 Å². The summed E-state index contributed by atoms with van der Waals surface area (Å²) >= 11 is 0. The predicted octanol–water partition coefficient (Wildman–Crippen LogP) is 9.83. The first kappa shape index (κ1) is 33.6. The number of hydrogen-bond donors (Lipinski definition) is 1. The fourth-order valence-electron chi connectivity index (χ4n) is 4.29. The Labute approximate surface area is 253 Å². The molecule has 0 amide bonds. The molecule has 36 heavy (non-hydrogen) atoms. The Kier molecular flexibility index (Phi) is 19.2. The maximum Gasteiger partial charge on any atom is 0.584 e. The Morgan fingerprint density at radius 2 is 0.861 bits per heavy atom. The molecule has 0 heterocycles. The summed E-state index contributed by atoms with van der Waals surface area (Å²) in [6, 6.07) is 14.8. The van der Waals surface area contributed by atoms with Crippen molar-refractivity contribution in [3.63, 3.8) is 0 Å². The molecule has 0 saturated carbocycles. The van der Waals surface area contributed by atoms with E-state index < -0.39 is 7.82 Å². The number of benzene rings is 2. The van der Waals surface area contributed by atoms with Crippen molar-refractivity contribution in [2.45, 2.75) is 117 Å². The van der Waals surface area contributed by atoms with Gasteiger partial charge < -0.3 is 9.05 Å². The van der Waals surface area contributed by atoms with Crippen LogP contribution in [-0.2, 0) is 17.4 Å². The monoisotopic (exact) mass is 644 g/mol.